The van der Waals surface area contributed by atoms with Crippen molar-refractivity contribution in [3.8, 4) is 0 Å². The van der Waals surface area contributed by atoms with Crippen LogP contribution in [0.25, 0.3) is 0 Å². The summed E-state index contributed by atoms with van der Waals surface area (Å²) in [6.45, 7) is 9.49. The lowest BCUT2D eigenvalue weighted by atomic mass is 9.74. The van der Waals surface area contributed by atoms with Crippen molar-refractivity contribution in [3.63, 3.8) is 0 Å². The van der Waals surface area contributed by atoms with Crippen LogP contribution in [0.2, 0.25) is 0 Å². The van der Waals surface area contributed by atoms with Crippen molar-refractivity contribution in [2.24, 2.45) is 11.3 Å². The molecule has 0 aliphatic heterocycles. The third-order valence-corrected chi connectivity index (χ3v) is 3.83. The zero-order valence-electron chi connectivity index (χ0n) is 13.0. The van der Waals surface area contributed by atoms with Gasteiger partial charge >= 0.3 is 0 Å². The van der Waals surface area contributed by atoms with Crippen LogP contribution < -0.4 is 0 Å². The van der Waals surface area contributed by atoms with Crippen LogP contribution >= 0.6 is 0 Å². The molecule has 0 heterocycles. The van der Waals surface area contributed by atoms with Crippen molar-refractivity contribution in [1.82, 2.24) is 0 Å². The summed E-state index contributed by atoms with van der Waals surface area (Å²) in [6, 6.07) is 10.1. The molecule has 2 heteroatoms. The maximum absolute atomic E-state index is 11.9. The average Bonchev–Trinajstić information content (AvgIpc) is 2.44. The molecule has 1 aliphatic carbocycles. The van der Waals surface area contributed by atoms with Gasteiger partial charge in [-0.1, -0.05) is 62.4 Å². The van der Waals surface area contributed by atoms with E-state index in [1.54, 1.807) is 6.08 Å². The summed E-state index contributed by atoms with van der Waals surface area (Å²) in [5.74, 6) is 0.274. The Morgan fingerprint density at radius 3 is 2.76 bits per heavy atom. The van der Waals surface area contributed by atoms with Crippen molar-refractivity contribution in [2.45, 2.75) is 33.3 Å². The van der Waals surface area contributed by atoms with Crippen molar-refractivity contribution in [3.05, 3.63) is 60.2 Å². The number of hydrogen-bond donors (Lipinski definition) is 0. The number of ketones is 1. The molecule has 2 nitrogen and oxygen atoms in total. The maximum Gasteiger partial charge on any atom is 0.158 e. The van der Waals surface area contributed by atoms with E-state index in [1.807, 2.05) is 36.4 Å². The molecule has 21 heavy (non-hydrogen) atoms. The summed E-state index contributed by atoms with van der Waals surface area (Å²) in [7, 11) is 0. The Morgan fingerprint density at radius 1 is 1.33 bits per heavy atom. The number of hydrogen-bond acceptors (Lipinski definition) is 2. The van der Waals surface area contributed by atoms with Gasteiger partial charge in [0, 0.05) is 5.92 Å². The molecule has 112 valence electrons. The van der Waals surface area contributed by atoms with Crippen LogP contribution in [-0.2, 0) is 16.1 Å². The van der Waals surface area contributed by atoms with Gasteiger partial charge in [-0.15, -0.1) is 0 Å². The first-order valence-electron chi connectivity index (χ1n) is 7.48. The van der Waals surface area contributed by atoms with Crippen LogP contribution in [-0.4, -0.2) is 12.4 Å². The predicted molar refractivity (Wildman–Crippen MR) is 85.9 cm³/mol. The SMILES string of the molecule is C=C(COCc1ccccc1)CC1CC(C)(C)C=CC1=O. The first-order chi connectivity index (χ1) is 9.96. The highest BCUT2D eigenvalue weighted by Gasteiger charge is 2.29. The zero-order chi connectivity index (χ0) is 15.3. The molecule has 1 atom stereocenters. The van der Waals surface area contributed by atoms with Crippen molar-refractivity contribution < 1.29 is 9.53 Å². The lowest BCUT2D eigenvalue weighted by Gasteiger charge is -2.29. The zero-order valence-corrected chi connectivity index (χ0v) is 13.0. The minimum atomic E-state index is 0.0535. The van der Waals surface area contributed by atoms with Gasteiger partial charge in [0.05, 0.1) is 13.2 Å². The van der Waals surface area contributed by atoms with Gasteiger partial charge in [0.2, 0.25) is 0 Å². The number of carbonyl (C=O) groups is 1. The van der Waals surface area contributed by atoms with Gasteiger partial charge in [-0.25, -0.2) is 0 Å². The summed E-state index contributed by atoms with van der Waals surface area (Å²) >= 11 is 0. The molecule has 1 aliphatic rings. The number of ether oxygens (including phenoxy) is 1. The van der Waals surface area contributed by atoms with Gasteiger partial charge in [-0.3, -0.25) is 4.79 Å². The Hall–Kier alpha value is -1.67. The topological polar surface area (TPSA) is 26.3 Å². The maximum atomic E-state index is 11.9. The highest BCUT2D eigenvalue weighted by atomic mass is 16.5. The molecule has 0 bridgehead atoms. The first kappa shape index (κ1) is 15.7. The molecule has 1 aromatic carbocycles. The lowest BCUT2D eigenvalue weighted by molar-refractivity contribution is -0.119. The fourth-order valence-corrected chi connectivity index (χ4v) is 2.72. The van der Waals surface area contributed by atoms with Crippen molar-refractivity contribution in [1.29, 1.82) is 0 Å². The molecule has 0 spiro atoms. The van der Waals surface area contributed by atoms with Crippen LogP contribution in [0, 0.1) is 11.3 Å². The van der Waals surface area contributed by atoms with E-state index < -0.39 is 0 Å². The van der Waals surface area contributed by atoms with Gasteiger partial charge in [0.25, 0.3) is 0 Å². The fourth-order valence-electron chi connectivity index (χ4n) is 2.72. The third kappa shape index (κ3) is 4.98. The molecule has 0 aromatic heterocycles. The van der Waals surface area contributed by atoms with E-state index in [9.17, 15) is 4.79 Å². The Balaban J connectivity index is 1.77. The molecular weight excluding hydrogens is 260 g/mol. The summed E-state index contributed by atoms with van der Waals surface area (Å²) in [4.78, 5) is 11.9. The quantitative estimate of drug-likeness (QED) is 0.727. The second-order valence-corrected chi connectivity index (χ2v) is 6.56. The van der Waals surface area contributed by atoms with Crippen LogP contribution in [0.15, 0.2) is 54.6 Å². The largest absolute Gasteiger partial charge is 0.372 e. The minimum absolute atomic E-state index is 0.0535. The van der Waals surface area contributed by atoms with E-state index in [1.165, 1.54) is 0 Å². The summed E-state index contributed by atoms with van der Waals surface area (Å²) in [5.41, 5.74) is 2.25. The third-order valence-electron chi connectivity index (χ3n) is 3.83. The van der Waals surface area contributed by atoms with Crippen LogP contribution in [0.3, 0.4) is 0 Å². The van der Waals surface area contributed by atoms with Gasteiger partial charge in [0.1, 0.15) is 0 Å². The standard InChI is InChI=1S/C19H24O2/c1-15(13-21-14-16-7-5-4-6-8-16)11-17-12-19(2,3)10-9-18(17)20/h4-10,17H,1,11-14H2,2-3H3. The second kappa shape index (κ2) is 6.86. The smallest absolute Gasteiger partial charge is 0.158 e. The van der Waals surface area contributed by atoms with Gasteiger partial charge in [-0.2, -0.15) is 0 Å². The van der Waals surface area contributed by atoms with Gasteiger partial charge in [0.15, 0.2) is 5.78 Å². The van der Waals surface area contributed by atoms with Gasteiger partial charge < -0.3 is 4.74 Å². The highest BCUT2D eigenvalue weighted by Crippen LogP contribution is 2.34. The van der Waals surface area contributed by atoms with Gasteiger partial charge in [-0.05, 0) is 29.9 Å². The Kier molecular flexibility index (Phi) is 5.13. The predicted octanol–water partition coefficient (Wildman–Crippen LogP) is 4.32. The van der Waals surface area contributed by atoms with E-state index in [0.29, 0.717) is 13.2 Å². The number of benzene rings is 1. The lowest BCUT2D eigenvalue weighted by Crippen LogP contribution is -2.26. The molecule has 0 N–H and O–H groups in total. The molecule has 0 amide bonds. The summed E-state index contributed by atoms with van der Waals surface area (Å²) in [6.07, 6.45) is 5.36. The molecule has 0 saturated heterocycles. The monoisotopic (exact) mass is 284 g/mol. The normalized spacial score (nSPS) is 20.5. The molecule has 0 fully saturated rings. The highest BCUT2D eigenvalue weighted by molar-refractivity contribution is 5.92. The van der Waals surface area contributed by atoms with E-state index in [0.717, 1.165) is 24.0 Å². The van der Waals surface area contributed by atoms with Crippen LogP contribution in [0.1, 0.15) is 32.3 Å². The number of carbonyl (C=O) groups excluding carboxylic acids is 1. The average molecular weight is 284 g/mol. The van der Waals surface area contributed by atoms with Crippen molar-refractivity contribution in [2.75, 3.05) is 6.61 Å². The molecule has 0 saturated carbocycles. The summed E-state index contributed by atoms with van der Waals surface area (Å²) in [5, 5.41) is 0. The molecule has 2 rings (SSSR count). The molecule has 0 radical (unpaired) electrons. The second-order valence-electron chi connectivity index (χ2n) is 6.56. The van der Waals surface area contributed by atoms with E-state index in [-0.39, 0.29) is 17.1 Å². The fraction of sp³-hybridized carbons (Fsp3) is 0.421. The Labute approximate surface area is 127 Å². The van der Waals surface area contributed by atoms with E-state index >= 15 is 0 Å². The molecular formula is C19H24O2. The number of rotatable bonds is 6. The van der Waals surface area contributed by atoms with E-state index in [4.69, 9.17) is 4.74 Å². The first-order valence-corrected chi connectivity index (χ1v) is 7.48. The van der Waals surface area contributed by atoms with E-state index in [2.05, 4.69) is 20.4 Å². The van der Waals surface area contributed by atoms with Crippen LogP contribution in [0.5, 0.6) is 0 Å². The van der Waals surface area contributed by atoms with Crippen LogP contribution in [0.4, 0.5) is 0 Å². The summed E-state index contributed by atoms with van der Waals surface area (Å²) < 4.78 is 5.68. The Morgan fingerprint density at radius 2 is 2.05 bits per heavy atom. The number of allylic oxidation sites excluding steroid dienone is 2. The minimum Gasteiger partial charge on any atom is -0.372 e. The Bertz CT molecular complexity index is 526. The molecule has 1 aromatic rings. The van der Waals surface area contributed by atoms with Crippen molar-refractivity contribution >= 4 is 5.78 Å². The molecule has 1 unspecified atom stereocenters.